The highest BCUT2D eigenvalue weighted by Crippen LogP contribution is 2.04. The standard InChI is InChI=1S/C13H22N4O3/c1-10(2)8-16(6-5-13(19)20-3)12(18)9-17-7-4-11(14)15-17/h4,7,10H,5-6,8-9H2,1-3H3,(H2,14,15). The summed E-state index contributed by atoms with van der Waals surface area (Å²) in [6.07, 6.45) is 1.84. The van der Waals surface area contributed by atoms with Gasteiger partial charge in [0.2, 0.25) is 5.91 Å². The van der Waals surface area contributed by atoms with Gasteiger partial charge in [-0.2, -0.15) is 5.10 Å². The van der Waals surface area contributed by atoms with Crippen LogP contribution < -0.4 is 5.73 Å². The first kappa shape index (κ1) is 16.0. The monoisotopic (exact) mass is 282 g/mol. The SMILES string of the molecule is COC(=O)CCN(CC(C)C)C(=O)Cn1ccc(N)n1. The van der Waals surface area contributed by atoms with Gasteiger partial charge in [-0.15, -0.1) is 0 Å². The molecule has 1 heterocycles. The van der Waals surface area contributed by atoms with Crippen LogP contribution in [-0.2, 0) is 20.9 Å². The number of carbonyl (C=O) groups excluding carboxylic acids is 2. The van der Waals surface area contributed by atoms with Crippen molar-refractivity contribution in [3.63, 3.8) is 0 Å². The average Bonchev–Trinajstić information content (AvgIpc) is 2.78. The topological polar surface area (TPSA) is 90.5 Å². The third kappa shape index (κ3) is 5.29. The Balaban J connectivity index is 2.61. The number of nitrogens with zero attached hydrogens (tertiary/aromatic N) is 3. The van der Waals surface area contributed by atoms with E-state index in [-0.39, 0.29) is 24.8 Å². The number of nitrogen functional groups attached to an aromatic ring is 1. The van der Waals surface area contributed by atoms with Gasteiger partial charge in [0, 0.05) is 19.3 Å². The summed E-state index contributed by atoms with van der Waals surface area (Å²) in [6, 6.07) is 1.63. The molecule has 0 radical (unpaired) electrons. The van der Waals surface area contributed by atoms with Crippen molar-refractivity contribution >= 4 is 17.7 Å². The second-order valence-corrected chi connectivity index (χ2v) is 5.00. The van der Waals surface area contributed by atoms with Gasteiger partial charge in [-0.25, -0.2) is 0 Å². The number of ether oxygens (including phenoxy) is 1. The maximum absolute atomic E-state index is 12.2. The summed E-state index contributed by atoms with van der Waals surface area (Å²) in [5.74, 6) is 0.280. The van der Waals surface area contributed by atoms with E-state index in [0.29, 0.717) is 24.8 Å². The Kier molecular flexibility index (Phi) is 6.02. The maximum atomic E-state index is 12.2. The molecule has 0 saturated heterocycles. The zero-order chi connectivity index (χ0) is 15.1. The van der Waals surface area contributed by atoms with E-state index in [9.17, 15) is 9.59 Å². The van der Waals surface area contributed by atoms with E-state index in [0.717, 1.165) is 0 Å². The first-order valence-electron chi connectivity index (χ1n) is 6.56. The predicted octanol–water partition coefficient (Wildman–Crippen LogP) is 0.513. The largest absolute Gasteiger partial charge is 0.469 e. The molecule has 0 spiro atoms. The van der Waals surface area contributed by atoms with Gasteiger partial charge in [-0.05, 0) is 12.0 Å². The van der Waals surface area contributed by atoms with Gasteiger partial charge >= 0.3 is 5.97 Å². The van der Waals surface area contributed by atoms with E-state index in [2.05, 4.69) is 9.84 Å². The van der Waals surface area contributed by atoms with Crippen molar-refractivity contribution in [2.75, 3.05) is 25.9 Å². The molecule has 0 fully saturated rings. The van der Waals surface area contributed by atoms with Crippen molar-refractivity contribution in [1.29, 1.82) is 0 Å². The highest BCUT2D eigenvalue weighted by Gasteiger charge is 2.17. The molecule has 112 valence electrons. The minimum absolute atomic E-state index is 0.0919. The molecular formula is C13H22N4O3. The van der Waals surface area contributed by atoms with Crippen LogP contribution in [-0.4, -0.2) is 46.8 Å². The van der Waals surface area contributed by atoms with Crippen LogP contribution in [0.25, 0.3) is 0 Å². The molecular weight excluding hydrogens is 260 g/mol. The molecule has 0 aromatic carbocycles. The molecule has 1 aromatic heterocycles. The average molecular weight is 282 g/mol. The van der Waals surface area contributed by atoms with E-state index in [1.54, 1.807) is 17.2 Å². The highest BCUT2D eigenvalue weighted by molar-refractivity contribution is 5.77. The van der Waals surface area contributed by atoms with Crippen molar-refractivity contribution in [2.24, 2.45) is 5.92 Å². The van der Waals surface area contributed by atoms with E-state index in [1.807, 2.05) is 13.8 Å². The summed E-state index contributed by atoms with van der Waals surface area (Å²) in [5, 5.41) is 3.98. The van der Waals surface area contributed by atoms with Crippen LogP contribution in [0.3, 0.4) is 0 Å². The molecule has 0 unspecified atom stereocenters. The van der Waals surface area contributed by atoms with E-state index in [4.69, 9.17) is 5.73 Å². The van der Waals surface area contributed by atoms with Gasteiger partial charge in [0.25, 0.3) is 0 Å². The molecule has 1 aromatic rings. The molecule has 0 aliphatic rings. The number of hydrogen-bond acceptors (Lipinski definition) is 5. The van der Waals surface area contributed by atoms with Crippen molar-refractivity contribution < 1.29 is 14.3 Å². The summed E-state index contributed by atoms with van der Waals surface area (Å²) in [6.45, 7) is 5.09. The Morgan fingerprint density at radius 2 is 2.20 bits per heavy atom. The molecule has 20 heavy (non-hydrogen) atoms. The van der Waals surface area contributed by atoms with Gasteiger partial charge in [-0.1, -0.05) is 13.8 Å². The zero-order valence-corrected chi connectivity index (χ0v) is 12.2. The lowest BCUT2D eigenvalue weighted by Crippen LogP contribution is -2.38. The van der Waals surface area contributed by atoms with Gasteiger partial charge in [0.05, 0.1) is 13.5 Å². The van der Waals surface area contributed by atoms with E-state index in [1.165, 1.54) is 11.8 Å². The minimum atomic E-state index is -0.324. The molecule has 7 nitrogen and oxygen atoms in total. The first-order valence-corrected chi connectivity index (χ1v) is 6.56. The lowest BCUT2D eigenvalue weighted by atomic mass is 10.2. The number of anilines is 1. The normalized spacial score (nSPS) is 10.6. The smallest absolute Gasteiger partial charge is 0.307 e. The number of nitrogens with two attached hydrogens (primary N) is 1. The molecule has 0 aliphatic carbocycles. The fraction of sp³-hybridized carbons (Fsp3) is 0.615. The molecule has 1 rings (SSSR count). The maximum Gasteiger partial charge on any atom is 0.307 e. The Morgan fingerprint density at radius 1 is 1.50 bits per heavy atom. The highest BCUT2D eigenvalue weighted by atomic mass is 16.5. The molecule has 2 N–H and O–H groups in total. The second kappa shape index (κ2) is 7.52. The van der Waals surface area contributed by atoms with Crippen molar-refractivity contribution in [3.8, 4) is 0 Å². The minimum Gasteiger partial charge on any atom is -0.469 e. The third-order valence-corrected chi connectivity index (χ3v) is 2.71. The molecule has 0 atom stereocenters. The Hall–Kier alpha value is -2.05. The molecule has 1 amide bonds. The number of aromatic nitrogens is 2. The Bertz CT molecular complexity index is 456. The summed E-state index contributed by atoms with van der Waals surface area (Å²) < 4.78 is 6.09. The van der Waals surface area contributed by atoms with Crippen LogP contribution in [0.15, 0.2) is 12.3 Å². The molecule has 7 heteroatoms. The quantitative estimate of drug-likeness (QED) is 0.736. The van der Waals surface area contributed by atoms with Crippen LogP contribution in [0.4, 0.5) is 5.82 Å². The summed E-state index contributed by atoms with van der Waals surface area (Å²) in [7, 11) is 1.34. The van der Waals surface area contributed by atoms with Gasteiger partial charge in [0.15, 0.2) is 0 Å². The van der Waals surface area contributed by atoms with Gasteiger partial charge < -0.3 is 15.4 Å². The number of carbonyl (C=O) groups is 2. The summed E-state index contributed by atoms with van der Waals surface area (Å²) >= 11 is 0. The Morgan fingerprint density at radius 3 is 2.70 bits per heavy atom. The summed E-state index contributed by atoms with van der Waals surface area (Å²) in [4.78, 5) is 25.1. The van der Waals surface area contributed by atoms with E-state index >= 15 is 0 Å². The number of rotatable bonds is 7. The van der Waals surface area contributed by atoms with Crippen molar-refractivity contribution in [2.45, 2.75) is 26.8 Å². The van der Waals surface area contributed by atoms with Crippen LogP contribution >= 0.6 is 0 Å². The number of hydrogen-bond donors (Lipinski definition) is 1. The fourth-order valence-corrected chi connectivity index (χ4v) is 1.79. The first-order chi connectivity index (χ1) is 9.42. The lowest BCUT2D eigenvalue weighted by Gasteiger charge is -2.24. The molecule has 0 bridgehead atoms. The van der Waals surface area contributed by atoms with E-state index < -0.39 is 0 Å². The number of esters is 1. The predicted molar refractivity (Wildman–Crippen MR) is 74.7 cm³/mol. The molecule has 0 saturated carbocycles. The third-order valence-electron chi connectivity index (χ3n) is 2.71. The van der Waals surface area contributed by atoms with Gasteiger partial charge in [-0.3, -0.25) is 14.3 Å². The Labute approximate surface area is 118 Å². The number of methoxy groups -OCH3 is 1. The van der Waals surface area contributed by atoms with Crippen LogP contribution in [0.2, 0.25) is 0 Å². The summed E-state index contributed by atoms with van der Waals surface area (Å²) in [5.41, 5.74) is 5.51. The van der Waals surface area contributed by atoms with Crippen LogP contribution in [0.1, 0.15) is 20.3 Å². The second-order valence-electron chi connectivity index (χ2n) is 5.00. The van der Waals surface area contributed by atoms with Crippen molar-refractivity contribution in [3.05, 3.63) is 12.3 Å². The van der Waals surface area contributed by atoms with Gasteiger partial charge in [0.1, 0.15) is 12.4 Å². The van der Waals surface area contributed by atoms with Crippen molar-refractivity contribution in [1.82, 2.24) is 14.7 Å². The van der Waals surface area contributed by atoms with Crippen LogP contribution in [0.5, 0.6) is 0 Å². The zero-order valence-electron chi connectivity index (χ0n) is 12.2. The fourth-order valence-electron chi connectivity index (χ4n) is 1.79. The van der Waals surface area contributed by atoms with Crippen LogP contribution in [0, 0.1) is 5.92 Å². The lowest BCUT2D eigenvalue weighted by molar-refractivity contribution is -0.142. The number of amides is 1. The molecule has 0 aliphatic heterocycles.